The van der Waals surface area contributed by atoms with E-state index in [-0.39, 0.29) is 28.8 Å². The van der Waals surface area contributed by atoms with Crippen LogP contribution in [0.2, 0.25) is 0 Å². The van der Waals surface area contributed by atoms with Gasteiger partial charge >= 0.3 is 0 Å². The van der Waals surface area contributed by atoms with Gasteiger partial charge in [-0.1, -0.05) is 27.4 Å². The molecule has 6 atom stereocenters. The van der Waals surface area contributed by atoms with Gasteiger partial charge in [0, 0.05) is 11.3 Å². The third-order valence-corrected chi connectivity index (χ3v) is 6.09. The highest BCUT2D eigenvalue weighted by atomic mass is 16.3. The van der Waals surface area contributed by atoms with Crippen LogP contribution < -0.4 is 0 Å². The molecule has 18 heavy (non-hydrogen) atoms. The quantitative estimate of drug-likeness (QED) is 0.572. The summed E-state index contributed by atoms with van der Waals surface area (Å²) >= 11 is 0. The Morgan fingerprint density at radius 3 is 2.33 bits per heavy atom. The maximum absolute atomic E-state index is 11.3. The lowest BCUT2D eigenvalue weighted by Crippen LogP contribution is -2.48. The number of fused-ring (bicyclic) bond motifs is 3. The van der Waals surface area contributed by atoms with Gasteiger partial charge in [-0.2, -0.15) is 0 Å². The fourth-order valence-corrected chi connectivity index (χ4v) is 5.43. The minimum Gasteiger partial charge on any atom is -0.393 e. The van der Waals surface area contributed by atoms with Crippen molar-refractivity contribution in [3.05, 3.63) is 12.2 Å². The summed E-state index contributed by atoms with van der Waals surface area (Å²) in [6.07, 6.45) is 1.15. The smallest absolute Gasteiger partial charge is 0.0970 e. The minimum atomic E-state index is -1.02. The van der Waals surface area contributed by atoms with Gasteiger partial charge in [0.05, 0.1) is 17.8 Å². The zero-order valence-corrected chi connectivity index (χ0v) is 11.5. The molecule has 3 fully saturated rings. The highest BCUT2D eigenvalue weighted by molar-refractivity contribution is 5.37. The molecule has 0 aromatic rings. The molecule has 3 aliphatic carbocycles. The average Bonchev–Trinajstić information content (AvgIpc) is 2.65. The van der Waals surface area contributed by atoms with Gasteiger partial charge in [-0.15, -0.1) is 0 Å². The van der Waals surface area contributed by atoms with Crippen LogP contribution in [0.4, 0.5) is 0 Å². The Bertz CT molecular complexity index is 416. The molecule has 102 valence electrons. The lowest BCUT2D eigenvalue weighted by Gasteiger charge is -2.43. The van der Waals surface area contributed by atoms with Crippen LogP contribution in [0.1, 0.15) is 40.0 Å². The highest BCUT2D eigenvalue weighted by Gasteiger charge is 2.73. The molecular weight excluding hydrogens is 228 g/mol. The Balaban J connectivity index is 2.13. The third kappa shape index (κ3) is 1.16. The first-order valence-corrected chi connectivity index (χ1v) is 6.91. The summed E-state index contributed by atoms with van der Waals surface area (Å²) in [4.78, 5) is 0. The fraction of sp³-hybridized carbons (Fsp3) is 0.867. The van der Waals surface area contributed by atoms with Crippen molar-refractivity contribution < 1.29 is 15.3 Å². The van der Waals surface area contributed by atoms with Crippen molar-refractivity contribution in [3.8, 4) is 0 Å². The first kappa shape index (κ1) is 12.6. The molecule has 3 saturated carbocycles. The van der Waals surface area contributed by atoms with Crippen LogP contribution in [0.5, 0.6) is 0 Å². The molecule has 3 nitrogen and oxygen atoms in total. The largest absolute Gasteiger partial charge is 0.393 e. The molecular formula is C15H24O3. The zero-order chi connectivity index (χ0) is 13.5. The fourth-order valence-electron chi connectivity index (χ4n) is 5.43. The van der Waals surface area contributed by atoms with E-state index in [0.717, 1.165) is 12.8 Å². The maximum Gasteiger partial charge on any atom is 0.0970 e. The van der Waals surface area contributed by atoms with Crippen LogP contribution in [0.3, 0.4) is 0 Å². The van der Waals surface area contributed by atoms with Gasteiger partial charge in [-0.3, -0.25) is 0 Å². The van der Waals surface area contributed by atoms with Gasteiger partial charge in [0.1, 0.15) is 0 Å². The van der Waals surface area contributed by atoms with E-state index in [2.05, 4.69) is 20.4 Å². The van der Waals surface area contributed by atoms with E-state index in [0.29, 0.717) is 12.0 Å². The van der Waals surface area contributed by atoms with Crippen LogP contribution in [-0.4, -0.2) is 33.1 Å². The second-order valence-corrected chi connectivity index (χ2v) is 7.68. The van der Waals surface area contributed by atoms with Crippen molar-refractivity contribution in [2.75, 3.05) is 0 Å². The van der Waals surface area contributed by atoms with Crippen LogP contribution in [0.15, 0.2) is 12.2 Å². The van der Waals surface area contributed by atoms with E-state index in [1.165, 1.54) is 0 Å². The van der Waals surface area contributed by atoms with Crippen molar-refractivity contribution in [2.45, 2.75) is 57.8 Å². The average molecular weight is 252 g/mol. The summed E-state index contributed by atoms with van der Waals surface area (Å²) in [6, 6.07) is 0. The molecule has 0 saturated heterocycles. The van der Waals surface area contributed by atoms with Crippen molar-refractivity contribution in [2.24, 2.45) is 22.7 Å². The van der Waals surface area contributed by atoms with Gasteiger partial charge in [0.2, 0.25) is 0 Å². The van der Waals surface area contributed by atoms with Gasteiger partial charge in [0.25, 0.3) is 0 Å². The van der Waals surface area contributed by atoms with E-state index < -0.39 is 11.7 Å². The topological polar surface area (TPSA) is 60.7 Å². The Morgan fingerprint density at radius 2 is 1.72 bits per heavy atom. The summed E-state index contributed by atoms with van der Waals surface area (Å²) in [5.74, 6) is 0.147. The highest BCUT2D eigenvalue weighted by Crippen LogP contribution is 2.70. The number of hydrogen-bond acceptors (Lipinski definition) is 3. The Hall–Kier alpha value is -0.380. The molecule has 3 N–H and O–H groups in total. The van der Waals surface area contributed by atoms with E-state index >= 15 is 0 Å². The number of rotatable bonds is 0. The van der Waals surface area contributed by atoms with Gasteiger partial charge in [0.15, 0.2) is 0 Å². The lowest BCUT2D eigenvalue weighted by molar-refractivity contribution is -0.0638. The Kier molecular flexibility index (Phi) is 2.24. The first-order valence-electron chi connectivity index (χ1n) is 6.91. The Morgan fingerprint density at radius 1 is 1.11 bits per heavy atom. The summed E-state index contributed by atoms with van der Waals surface area (Å²) < 4.78 is 0. The Labute approximate surface area is 109 Å². The van der Waals surface area contributed by atoms with E-state index in [1.807, 2.05) is 6.92 Å². The van der Waals surface area contributed by atoms with Gasteiger partial charge in [-0.25, -0.2) is 0 Å². The summed E-state index contributed by atoms with van der Waals surface area (Å²) in [6.45, 7) is 10.2. The molecule has 0 spiro atoms. The SMILES string of the molecule is C=C1[C@@H](O)C[C@@]2(C)C[C@H]3[C@H](C(C)(C)C[C@@H]3O)[C@@]12O. The van der Waals surface area contributed by atoms with Crippen molar-refractivity contribution >= 4 is 0 Å². The molecule has 3 aliphatic rings. The maximum atomic E-state index is 11.3. The second kappa shape index (κ2) is 3.20. The molecule has 0 aromatic carbocycles. The summed E-state index contributed by atoms with van der Waals surface area (Å²) in [7, 11) is 0. The van der Waals surface area contributed by atoms with Crippen molar-refractivity contribution in [1.29, 1.82) is 0 Å². The summed E-state index contributed by atoms with van der Waals surface area (Å²) in [5.41, 5.74) is -0.890. The van der Waals surface area contributed by atoms with E-state index in [9.17, 15) is 15.3 Å². The normalized spacial score (nSPS) is 57.8. The lowest BCUT2D eigenvalue weighted by atomic mass is 9.66. The summed E-state index contributed by atoms with van der Waals surface area (Å²) in [5, 5.41) is 31.6. The van der Waals surface area contributed by atoms with E-state index in [1.54, 1.807) is 0 Å². The van der Waals surface area contributed by atoms with Crippen LogP contribution in [0, 0.1) is 22.7 Å². The molecule has 0 unspecified atom stereocenters. The molecule has 0 amide bonds. The predicted molar refractivity (Wildman–Crippen MR) is 68.8 cm³/mol. The van der Waals surface area contributed by atoms with Gasteiger partial charge in [-0.05, 0) is 36.2 Å². The molecule has 3 rings (SSSR count). The van der Waals surface area contributed by atoms with Crippen molar-refractivity contribution in [1.82, 2.24) is 0 Å². The number of aliphatic hydroxyl groups is 3. The number of hydrogen-bond donors (Lipinski definition) is 3. The van der Waals surface area contributed by atoms with Crippen LogP contribution in [0.25, 0.3) is 0 Å². The molecule has 0 bridgehead atoms. The molecule has 0 heterocycles. The zero-order valence-electron chi connectivity index (χ0n) is 11.5. The number of aliphatic hydroxyl groups excluding tert-OH is 2. The molecule has 3 heteroatoms. The van der Waals surface area contributed by atoms with Crippen molar-refractivity contribution in [3.63, 3.8) is 0 Å². The van der Waals surface area contributed by atoms with Crippen LogP contribution in [-0.2, 0) is 0 Å². The second-order valence-electron chi connectivity index (χ2n) is 7.68. The molecule has 0 radical (unpaired) electrons. The van der Waals surface area contributed by atoms with E-state index in [4.69, 9.17) is 0 Å². The monoisotopic (exact) mass is 252 g/mol. The van der Waals surface area contributed by atoms with Crippen LogP contribution >= 0.6 is 0 Å². The molecule has 0 aliphatic heterocycles. The van der Waals surface area contributed by atoms with Gasteiger partial charge < -0.3 is 15.3 Å². The predicted octanol–water partition coefficient (Wildman–Crippen LogP) is 1.47. The third-order valence-electron chi connectivity index (χ3n) is 6.09. The molecule has 0 aromatic heterocycles. The first-order chi connectivity index (χ1) is 8.13. The standard InChI is InChI=1S/C15H24O3/c1-8-10(16)7-14(4)5-9-11(17)6-13(2,3)12(9)15(8,14)18/h9-12,16-18H,1,5-7H2,2-4H3/t9-,10+,11+,12-,14-,15+/m1/s1. The minimum absolute atomic E-state index is 0.00894.